The second kappa shape index (κ2) is 9.44. The quantitative estimate of drug-likeness (QED) is 0.693. The van der Waals surface area contributed by atoms with Gasteiger partial charge in [-0.05, 0) is 28.7 Å². The highest BCUT2D eigenvalue weighted by molar-refractivity contribution is 5.88. The minimum atomic E-state index is -1.13. The molecule has 5 rings (SSSR count). The molecule has 2 saturated heterocycles. The molecule has 0 radical (unpaired) electrons. The zero-order valence-corrected chi connectivity index (χ0v) is 18.5. The Hall–Kier alpha value is -3.43. The molecule has 2 heterocycles. The van der Waals surface area contributed by atoms with Gasteiger partial charge in [0.25, 0.3) is 5.91 Å². The maximum Gasteiger partial charge on any atom is 0.407 e. The summed E-state index contributed by atoms with van der Waals surface area (Å²) in [4.78, 5) is 38.5. The number of morpholine rings is 1. The van der Waals surface area contributed by atoms with Gasteiger partial charge in [-0.25, -0.2) is 9.59 Å². The highest BCUT2D eigenvalue weighted by Gasteiger charge is 2.42. The number of hydrogen-bond acceptors (Lipinski definition) is 6. The third-order valence-corrected chi connectivity index (χ3v) is 6.68. The second-order valence-electron chi connectivity index (χ2n) is 8.62. The minimum Gasteiger partial charge on any atom is -0.480 e. The molecule has 2 aromatic rings. The summed E-state index contributed by atoms with van der Waals surface area (Å²) >= 11 is 0. The average Bonchev–Trinajstić information content (AvgIpc) is 3.44. The first-order valence-electron chi connectivity index (χ1n) is 11.4. The molecule has 0 spiro atoms. The summed E-state index contributed by atoms with van der Waals surface area (Å²) in [6, 6.07) is 14.5. The minimum absolute atomic E-state index is 0.0694. The van der Waals surface area contributed by atoms with E-state index < -0.39 is 36.2 Å². The Morgan fingerprint density at radius 2 is 1.71 bits per heavy atom. The molecule has 9 heteroatoms. The summed E-state index contributed by atoms with van der Waals surface area (Å²) in [5.41, 5.74) is 4.50. The third kappa shape index (κ3) is 4.12. The highest BCUT2D eigenvalue weighted by Crippen LogP contribution is 2.44. The number of fused-ring (bicyclic) bond motifs is 3. The summed E-state index contributed by atoms with van der Waals surface area (Å²) in [5.74, 6) is -1.66. The number of aliphatic carboxylic acids is 1. The van der Waals surface area contributed by atoms with Crippen LogP contribution in [0.5, 0.6) is 0 Å². The van der Waals surface area contributed by atoms with Crippen LogP contribution in [0.2, 0.25) is 0 Å². The first kappa shape index (κ1) is 22.4. The van der Waals surface area contributed by atoms with Crippen LogP contribution in [0.4, 0.5) is 4.79 Å². The van der Waals surface area contributed by atoms with E-state index in [0.717, 1.165) is 22.3 Å². The number of hydrogen-bond donors (Lipinski definition) is 2. The molecular weight excluding hydrogens is 440 g/mol. The lowest BCUT2D eigenvalue weighted by Gasteiger charge is -2.35. The van der Waals surface area contributed by atoms with Crippen molar-refractivity contribution in [3.05, 3.63) is 59.7 Å². The molecule has 3 aliphatic rings. The first-order chi connectivity index (χ1) is 16.5. The zero-order valence-electron chi connectivity index (χ0n) is 18.5. The van der Waals surface area contributed by atoms with Crippen LogP contribution >= 0.6 is 0 Å². The Kier molecular flexibility index (Phi) is 6.21. The normalized spacial score (nSPS) is 23.8. The maximum atomic E-state index is 13.0. The van der Waals surface area contributed by atoms with Gasteiger partial charge in [-0.15, -0.1) is 0 Å². The second-order valence-corrected chi connectivity index (χ2v) is 8.62. The van der Waals surface area contributed by atoms with Crippen molar-refractivity contribution in [1.82, 2.24) is 10.2 Å². The molecule has 34 heavy (non-hydrogen) atoms. The fourth-order valence-electron chi connectivity index (χ4n) is 5.01. The van der Waals surface area contributed by atoms with E-state index in [1.54, 1.807) is 0 Å². The maximum absolute atomic E-state index is 13.0. The van der Waals surface area contributed by atoms with Crippen LogP contribution in [0, 0.1) is 0 Å². The van der Waals surface area contributed by atoms with Crippen LogP contribution in [0.1, 0.15) is 23.5 Å². The van der Waals surface area contributed by atoms with Gasteiger partial charge in [-0.3, -0.25) is 4.79 Å². The van der Waals surface area contributed by atoms with Gasteiger partial charge >= 0.3 is 12.1 Å². The molecule has 9 nitrogen and oxygen atoms in total. The molecular formula is C25H26N2O7. The van der Waals surface area contributed by atoms with Crippen LogP contribution in [0.15, 0.2) is 48.5 Å². The summed E-state index contributed by atoms with van der Waals surface area (Å²) in [6.45, 7) is 0.793. The molecule has 0 aromatic heterocycles. The van der Waals surface area contributed by atoms with Gasteiger partial charge in [-0.2, -0.15) is 0 Å². The summed E-state index contributed by atoms with van der Waals surface area (Å²) < 4.78 is 16.4. The Labute approximate surface area is 196 Å². The van der Waals surface area contributed by atoms with Crippen molar-refractivity contribution in [3.63, 3.8) is 0 Å². The van der Waals surface area contributed by atoms with E-state index in [9.17, 15) is 19.5 Å². The zero-order chi connectivity index (χ0) is 23.7. The van der Waals surface area contributed by atoms with Crippen LogP contribution in [0.25, 0.3) is 11.1 Å². The lowest BCUT2D eigenvalue weighted by molar-refractivity contribution is -0.163. The topological polar surface area (TPSA) is 114 Å². The van der Waals surface area contributed by atoms with Gasteiger partial charge in [-0.1, -0.05) is 48.5 Å². The summed E-state index contributed by atoms with van der Waals surface area (Å²) in [6.07, 6.45) is -1.16. The van der Waals surface area contributed by atoms with Crippen molar-refractivity contribution in [2.24, 2.45) is 0 Å². The third-order valence-electron chi connectivity index (χ3n) is 6.68. The van der Waals surface area contributed by atoms with Crippen molar-refractivity contribution in [2.45, 2.75) is 30.5 Å². The molecule has 1 aliphatic carbocycles. The molecule has 3 atom stereocenters. The van der Waals surface area contributed by atoms with Crippen molar-refractivity contribution in [2.75, 3.05) is 33.0 Å². The molecule has 2 aromatic carbocycles. The van der Waals surface area contributed by atoms with E-state index >= 15 is 0 Å². The lowest BCUT2D eigenvalue weighted by Crippen LogP contribution is -2.58. The van der Waals surface area contributed by atoms with Crippen molar-refractivity contribution in [3.8, 4) is 11.1 Å². The number of benzene rings is 2. The van der Waals surface area contributed by atoms with Crippen LogP contribution < -0.4 is 5.32 Å². The van der Waals surface area contributed by atoms with E-state index in [-0.39, 0.29) is 38.9 Å². The number of nitrogens with one attached hydrogen (secondary N) is 1. The van der Waals surface area contributed by atoms with Gasteiger partial charge in [0.05, 0.1) is 19.3 Å². The number of alkyl carbamates (subject to hydrolysis) is 1. The predicted molar refractivity (Wildman–Crippen MR) is 120 cm³/mol. The highest BCUT2D eigenvalue weighted by atomic mass is 16.6. The fraction of sp³-hybridized carbons (Fsp3) is 0.400. The standard InChI is InChI=1S/C25H26N2O7/c28-23(27-10-12-32-14-21(27)24(29)30)22-20(9-11-33-22)26-25(31)34-13-19-17-7-3-1-5-15(17)16-6-2-4-8-18(16)19/h1-8,19-22H,9-14H2,(H,26,31)(H,29,30). The van der Waals surface area contributed by atoms with Crippen molar-refractivity contribution in [1.29, 1.82) is 0 Å². The monoisotopic (exact) mass is 466 g/mol. The van der Waals surface area contributed by atoms with Gasteiger partial charge in [0.15, 0.2) is 12.1 Å². The van der Waals surface area contributed by atoms with E-state index in [1.165, 1.54) is 4.90 Å². The van der Waals surface area contributed by atoms with Gasteiger partial charge in [0.1, 0.15) is 6.61 Å². The number of carbonyl (C=O) groups is 3. The summed E-state index contributed by atoms with van der Waals surface area (Å²) in [5, 5.41) is 12.2. The number of carboxylic acids is 1. The fourth-order valence-corrected chi connectivity index (χ4v) is 5.01. The van der Waals surface area contributed by atoms with Crippen LogP contribution in [0.3, 0.4) is 0 Å². The predicted octanol–water partition coefficient (Wildman–Crippen LogP) is 1.99. The Bertz CT molecular complexity index is 1060. The SMILES string of the molecule is O=C(NC1CCOC1C(=O)N1CCOCC1C(=O)O)OCC1c2ccccc2-c2ccccc21. The van der Waals surface area contributed by atoms with Gasteiger partial charge in [0, 0.05) is 19.1 Å². The van der Waals surface area contributed by atoms with Crippen molar-refractivity contribution >= 4 is 18.0 Å². The van der Waals surface area contributed by atoms with Crippen molar-refractivity contribution < 1.29 is 33.7 Å². The number of nitrogens with zero attached hydrogens (tertiary/aromatic N) is 1. The smallest absolute Gasteiger partial charge is 0.407 e. The molecule has 0 saturated carbocycles. The molecule has 2 amide bonds. The van der Waals surface area contributed by atoms with Gasteiger partial charge in [0.2, 0.25) is 0 Å². The number of carbonyl (C=O) groups excluding carboxylic acids is 2. The molecule has 3 unspecified atom stereocenters. The van der Waals surface area contributed by atoms with Crippen LogP contribution in [-0.2, 0) is 23.8 Å². The van der Waals surface area contributed by atoms with Crippen LogP contribution in [-0.4, -0.2) is 79.1 Å². The Balaban J connectivity index is 1.23. The van der Waals surface area contributed by atoms with Gasteiger partial charge < -0.3 is 29.5 Å². The van der Waals surface area contributed by atoms with E-state index in [1.807, 2.05) is 36.4 Å². The Morgan fingerprint density at radius 1 is 1.03 bits per heavy atom. The summed E-state index contributed by atoms with van der Waals surface area (Å²) in [7, 11) is 0. The average molecular weight is 466 g/mol. The molecule has 0 bridgehead atoms. The lowest BCUT2D eigenvalue weighted by atomic mass is 9.98. The Morgan fingerprint density at radius 3 is 2.38 bits per heavy atom. The largest absolute Gasteiger partial charge is 0.480 e. The molecule has 2 aliphatic heterocycles. The van der Waals surface area contributed by atoms with E-state index in [4.69, 9.17) is 14.2 Å². The molecule has 178 valence electrons. The number of amides is 2. The van der Waals surface area contributed by atoms with E-state index in [2.05, 4.69) is 17.4 Å². The molecule has 2 N–H and O–H groups in total. The van der Waals surface area contributed by atoms with E-state index in [0.29, 0.717) is 6.42 Å². The number of ether oxygens (including phenoxy) is 3. The first-order valence-corrected chi connectivity index (χ1v) is 11.4. The number of rotatable bonds is 5. The molecule has 2 fully saturated rings. The number of carboxylic acid groups (broad SMARTS) is 1.